The summed E-state index contributed by atoms with van der Waals surface area (Å²) in [6.07, 6.45) is 3.89. The summed E-state index contributed by atoms with van der Waals surface area (Å²) in [6.45, 7) is 6.84. The zero-order valence-corrected chi connectivity index (χ0v) is 15.3. The molecule has 2 saturated heterocycles. The Morgan fingerprint density at radius 1 is 1.16 bits per heavy atom. The molecule has 1 aromatic heterocycles. The van der Waals surface area contributed by atoms with Gasteiger partial charge < -0.3 is 0 Å². The van der Waals surface area contributed by atoms with E-state index < -0.39 is 0 Å². The van der Waals surface area contributed by atoms with E-state index in [0.29, 0.717) is 0 Å². The summed E-state index contributed by atoms with van der Waals surface area (Å²) in [5.74, 6) is 1.73. The van der Waals surface area contributed by atoms with Gasteiger partial charge in [0, 0.05) is 32.7 Å². The van der Waals surface area contributed by atoms with Crippen LogP contribution in [-0.2, 0) is 13.6 Å². The van der Waals surface area contributed by atoms with E-state index in [4.69, 9.17) is 0 Å². The Hall–Kier alpha value is -1.79. The molecule has 25 heavy (non-hydrogen) atoms. The fraction of sp³-hybridized carbons (Fsp3) is 0.632. The van der Waals surface area contributed by atoms with Crippen molar-refractivity contribution in [2.45, 2.75) is 44.8 Å². The smallest absolute Gasteiger partial charge is 0.167 e. The van der Waals surface area contributed by atoms with Crippen LogP contribution in [0.1, 0.15) is 43.6 Å². The predicted molar refractivity (Wildman–Crippen MR) is 96.8 cm³/mol. The Morgan fingerprint density at radius 2 is 2.00 bits per heavy atom. The molecule has 3 heterocycles. The molecule has 0 saturated carbocycles. The lowest BCUT2D eigenvalue weighted by Gasteiger charge is -2.48. The molecule has 0 bridgehead atoms. The van der Waals surface area contributed by atoms with Gasteiger partial charge in [0.15, 0.2) is 5.82 Å². The van der Waals surface area contributed by atoms with Crippen molar-refractivity contribution in [2.75, 3.05) is 19.6 Å². The van der Waals surface area contributed by atoms with Crippen LogP contribution >= 0.6 is 0 Å². The third-order valence-corrected chi connectivity index (χ3v) is 6.02. The fourth-order valence-electron chi connectivity index (χ4n) is 4.65. The number of benzene rings is 1. The molecule has 3 atom stereocenters. The van der Waals surface area contributed by atoms with Gasteiger partial charge in [-0.25, -0.2) is 4.68 Å². The van der Waals surface area contributed by atoms with Gasteiger partial charge in [0.25, 0.3) is 0 Å². The summed E-state index contributed by atoms with van der Waals surface area (Å²) in [7, 11) is 1.93. The topological polar surface area (TPSA) is 50.1 Å². The Morgan fingerprint density at radius 3 is 2.76 bits per heavy atom. The van der Waals surface area contributed by atoms with Gasteiger partial charge >= 0.3 is 0 Å². The van der Waals surface area contributed by atoms with Gasteiger partial charge in [-0.05, 0) is 54.6 Å². The predicted octanol–water partition coefficient (Wildman–Crippen LogP) is 2.26. The summed E-state index contributed by atoms with van der Waals surface area (Å²) in [5, 5.41) is 12.0. The molecule has 2 fully saturated rings. The van der Waals surface area contributed by atoms with Crippen LogP contribution in [0, 0.1) is 5.92 Å². The van der Waals surface area contributed by atoms with Crippen molar-refractivity contribution in [2.24, 2.45) is 13.0 Å². The second-order valence-corrected chi connectivity index (χ2v) is 7.55. The Labute approximate surface area is 149 Å². The highest BCUT2D eigenvalue weighted by atomic mass is 15.5. The van der Waals surface area contributed by atoms with Crippen molar-refractivity contribution < 1.29 is 0 Å². The Kier molecular flexibility index (Phi) is 4.81. The summed E-state index contributed by atoms with van der Waals surface area (Å²) >= 11 is 0. The van der Waals surface area contributed by atoms with E-state index in [2.05, 4.69) is 62.6 Å². The SMILES string of the molecule is C[C@H](c1nnnn1C)N1CC[C@@H]2[C@@H](CCCN2Cc2ccccc2)C1. The average molecular weight is 340 g/mol. The molecule has 0 radical (unpaired) electrons. The molecule has 6 heteroatoms. The lowest BCUT2D eigenvalue weighted by Crippen LogP contribution is -2.54. The van der Waals surface area contributed by atoms with Crippen LogP contribution in [0.15, 0.2) is 30.3 Å². The third kappa shape index (κ3) is 3.46. The maximum Gasteiger partial charge on any atom is 0.167 e. The van der Waals surface area contributed by atoms with Gasteiger partial charge in [0.2, 0.25) is 0 Å². The highest BCUT2D eigenvalue weighted by Crippen LogP contribution is 2.34. The molecule has 0 spiro atoms. The van der Waals surface area contributed by atoms with Crippen LogP contribution in [0.25, 0.3) is 0 Å². The number of hydrogen-bond acceptors (Lipinski definition) is 5. The average Bonchev–Trinajstić information content (AvgIpc) is 3.08. The second-order valence-electron chi connectivity index (χ2n) is 7.55. The lowest BCUT2D eigenvalue weighted by molar-refractivity contribution is 0.00366. The zero-order chi connectivity index (χ0) is 17.2. The van der Waals surface area contributed by atoms with Crippen molar-refractivity contribution in [1.82, 2.24) is 30.0 Å². The monoisotopic (exact) mass is 340 g/mol. The normalized spacial score (nSPS) is 26.3. The van der Waals surface area contributed by atoms with Gasteiger partial charge in [-0.1, -0.05) is 30.3 Å². The lowest BCUT2D eigenvalue weighted by atomic mass is 9.83. The van der Waals surface area contributed by atoms with Crippen molar-refractivity contribution in [3.63, 3.8) is 0 Å². The first kappa shape index (κ1) is 16.7. The van der Waals surface area contributed by atoms with Gasteiger partial charge in [0.1, 0.15) is 0 Å². The largest absolute Gasteiger partial charge is 0.296 e. The maximum atomic E-state index is 4.22. The van der Waals surface area contributed by atoms with Gasteiger partial charge in [-0.3, -0.25) is 9.80 Å². The highest BCUT2D eigenvalue weighted by Gasteiger charge is 2.37. The molecule has 2 aliphatic rings. The van der Waals surface area contributed by atoms with Crippen LogP contribution < -0.4 is 0 Å². The van der Waals surface area contributed by atoms with Crippen LogP contribution in [0.4, 0.5) is 0 Å². The Balaban J connectivity index is 1.42. The number of hydrogen-bond donors (Lipinski definition) is 0. The van der Waals surface area contributed by atoms with E-state index in [1.54, 1.807) is 4.68 Å². The molecule has 0 N–H and O–H groups in total. The van der Waals surface area contributed by atoms with Crippen molar-refractivity contribution in [3.05, 3.63) is 41.7 Å². The van der Waals surface area contributed by atoms with E-state index in [-0.39, 0.29) is 6.04 Å². The number of nitrogens with zero attached hydrogens (tertiary/aromatic N) is 6. The molecule has 134 valence electrons. The molecule has 0 aliphatic carbocycles. The molecule has 2 aliphatic heterocycles. The van der Waals surface area contributed by atoms with Crippen molar-refractivity contribution in [3.8, 4) is 0 Å². The second kappa shape index (κ2) is 7.22. The van der Waals surface area contributed by atoms with Crippen LogP contribution in [-0.4, -0.2) is 55.7 Å². The Bertz CT molecular complexity index is 684. The summed E-state index contributed by atoms with van der Waals surface area (Å²) < 4.78 is 1.80. The molecular formula is C19H28N6. The van der Waals surface area contributed by atoms with Crippen molar-refractivity contribution in [1.29, 1.82) is 0 Å². The van der Waals surface area contributed by atoms with E-state index >= 15 is 0 Å². The minimum atomic E-state index is 0.283. The minimum Gasteiger partial charge on any atom is -0.296 e. The highest BCUT2D eigenvalue weighted by molar-refractivity contribution is 5.15. The van der Waals surface area contributed by atoms with Gasteiger partial charge in [-0.2, -0.15) is 0 Å². The summed E-state index contributed by atoms with van der Waals surface area (Å²) in [6, 6.07) is 11.9. The number of piperidine rings is 2. The van der Waals surface area contributed by atoms with Crippen LogP contribution in [0.2, 0.25) is 0 Å². The fourth-order valence-corrected chi connectivity index (χ4v) is 4.65. The first-order valence-corrected chi connectivity index (χ1v) is 9.46. The zero-order valence-electron chi connectivity index (χ0n) is 15.3. The number of rotatable bonds is 4. The van der Waals surface area contributed by atoms with E-state index in [0.717, 1.165) is 37.4 Å². The molecular weight excluding hydrogens is 312 g/mol. The minimum absolute atomic E-state index is 0.283. The molecule has 0 unspecified atom stereocenters. The van der Waals surface area contributed by atoms with Crippen molar-refractivity contribution >= 4 is 0 Å². The number of likely N-dealkylation sites (tertiary alicyclic amines) is 2. The first-order chi connectivity index (χ1) is 12.2. The maximum absolute atomic E-state index is 4.22. The van der Waals surface area contributed by atoms with Gasteiger partial charge in [0.05, 0.1) is 6.04 Å². The number of tetrazole rings is 1. The standard InChI is InChI=1S/C19H28N6/c1-15(19-20-21-22-23(19)2)24-12-10-18-17(14-24)9-6-11-25(18)13-16-7-4-3-5-8-16/h3-5,7-8,15,17-18H,6,9-14H2,1-2H3/t15-,17+,18-/m1/s1. The molecule has 2 aromatic rings. The quantitative estimate of drug-likeness (QED) is 0.854. The molecule has 4 rings (SSSR count). The van der Waals surface area contributed by atoms with E-state index in [9.17, 15) is 0 Å². The molecule has 0 amide bonds. The summed E-state index contributed by atoms with van der Waals surface area (Å²) in [5.41, 5.74) is 1.43. The first-order valence-electron chi connectivity index (χ1n) is 9.46. The molecule has 6 nitrogen and oxygen atoms in total. The third-order valence-electron chi connectivity index (χ3n) is 6.02. The van der Waals surface area contributed by atoms with Crippen LogP contribution in [0.5, 0.6) is 0 Å². The molecule has 1 aromatic carbocycles. The van der Waals surface area contributed by atoms with E-state index in [1.807, 2.05) is 7.05 Å². The van der Waals surface area contributed by atoms with Gasteiger partial charge in [-0.15, -0.1) is 5.10 Å². The number of aryl methyl sites for hydroxylation is 1. The summed E-state index contributed by atoms with van der Waals surface area (Å²) in [4.78, 5) is 5.29. The number of fused-ring (bicyclic) bond motifs is 1. The number of aromatic nitrogens is 4. The van der Waals surface area contributed by atoms with E-state index in [1.165, 1.54) is 31.4 Å². The van der Waals surface area contributed by atoms with Crippen LogP contribution in [0.3, 0.4) is 0 Å².